The van der Waals surface area contributed by atoms with E-state index in [9.17, 15) is 9.59 Å². The number of benzene rings is 2. The Labute approximate surface area is 163 Å². The van der Waals surface area contributed by atoms with Crippen molar-refractivity contribution < 1.29 is 9.59 Å². The molecule has 27 heavy (non-hydrogen) atoms. The number of hydrogen-bond acceptors (Lipinski definition) is 4. The topological polar surface area (TPSA) is 76.0 Å². The second kappa shape index (κ2) is 6.68. The van der Waals surface area contributed by atoms with Gasteiger partial charge in [0.1, 0.15) is 5.69 Å². The maximum atomic E-state index is 12.8. The number of carbonyl (C=O) groups is 2. The highest BCUT2D eigenvalue weighted by Crippen LogP contribution is 2.31. The van der Waals surface area contributed by atoms with Crippen LogP contribution in [0.5, 0.6) is 0 Å². The van der Waals surface area contributed by atoms with Crippen molar-refractivity contribution in [2.24, 2.45) is 7.05 Å². The zero-order valence-electron chi connectivity index (χ0n) is 14.5. The summed E-state index contributed by atoms with van der Waals surface area (Å²) >= 11 is 7.79. The highest BCUT2D eigenvalue weighted by Gasteiger charge is 2.20. The lowest BCUT2D eigenvalue weighted by atomic mass is 10.2. The predicted molar refractivity (Wildman–Crippen MR) is 110 cm³/mol. The largest absolute Gasteiger partial charge is 0.338 e. The fourth-order valence-electron chi connectivity index (χ4n) is 3.00. The molecule has 4 rings (SSSR count). The van der Waals surface area contributed by atoms with Gasteiger partial charge in [-0.05, 0) is 24.3 Å². The summed E-state index contributed by atoms with van der Waals surface area (Å²) in [7, 11) is 1.81. The average Bonchev–Trinajstić information content (AvgIpc) is 3.12. The van der Waals surface area contributed by atoms with Crippen LogP contribution in [0, 0.1) is 0 Å². The Kier molecular flexibility index (Phi) is 4.33. The number of aryl methyl sites for hydroxylation is 1. The highest BCUT2D eigenvalue weighted by molar-refractivity contribution is 7.22. The van der Waals surface area contributed by atoms with Gasteiger partial charge in [-0.3, -0.25) is 9.59 Å². The van der Waals surface area contributed by atoms with Crippen molar-refractivity contribution in [1.29, 1.82) is 0 Å². The zero-order chi connectivity index (χ0) is 19.1. The number of carbonyl (C=O) groups excluding carboxylic acids is 2. The van der Waals surface area contributed by atoms with Gasteiger partial charge in [-0.15, -0.1) is 0 Å². The van der Waals surface area contributed by atoms with Crippen LogP contribution in [-0.2, 0) is 11.8 Å². The smallest absolute Gasteiger partial charge is 0.273 e. The van der Waals surface area contributed by atoms with Gasteiger partial charge in [0.2, 0.25) is 5.91 Å². The van der Waals surface area contributed by atoms with E-state index in [4.69, 9.17) is 11.6 Å². The molecule has 0 radical (unpaired) electrons. The molecule has 0 aliphatic heterocycles. The summed E-state index contributed by atoms with van der Waals surface area (Å²) in [6, 6.07) is 13.0. The van der Waals surface area contributed by atoms with Gasteiger partial charge in [0.15, 0.2) is 5.13 Å². The van der Waals surface area contributed by atoms with Gasteiger partial charge in [0, 0.05) is 30.6 Å². The van der Waals surface area contributed by atoms with E-state index in [0.717, 1.165) is 21.1 Å². The van der Waals surface area contributed by atoms with Gasteiger partial charge in [0.25, 0.3) is 5.91 Å². The van der Waals surface area contributed by atoms with Crippen molar-refractivity contribution in [3.63, 3.8) is 0 Å². The minimum Gasteiger partial charge on any atom is -0.338 e. The van der Waals surface area contributed by atoms with Crippen LogP contribution in [0.15, 0.2) is 42.5 Å². The van der Waals surface area contributed by atoms with Crippen molar-refractivity contribution in [3.05, 3.63) is 53.2 Å². The molecule has 136 valence electrons. The van der Waals surface area contributed by atoms with E-state index in [1.54, 1.807) is 16.7 Å². The second-order valence-electron chi connectivity index (χ2n) is 6.08. The van der Waals surface area contributed by atoms with Crippen molar-refractivity contribution >= 4 is 66.7 Å². The number of nitrogens with one attached hydrogen (secondary N) is 2. The van der Waals surface area contributed by atoms with E-state index in [2.05, 4.69) is 15.6 Å². The molecule has 2 amide bonds. The Morgan fingerprint density at radius 1 is 1.15 bits per heavy atom. The van der Waals surface area contributed by atoms with Crippen LogP contribution in [0.25, 0.3) is 21.1 Å². The predicted octanol–water partition coefficient (Wildman–Crippen LogP) is 4.65. The fraction of sp³-hybridized carbons (Fsp3) is 0.105. The molecule has 0 fully saturated rings. The summed E-state index contributed by atoms with van der Waals surface area (Å²) < 4.78 is 2.65. The summed E-state index contributed by atoms with van der Waals surface area (Å²) in [5.41, 5.74) is 2.68. The molecule has 8 heteroatoms. The third-order valence-electron chi connectivity index (χ3n) is 4.19. The van der Waals surface area contributed by atoms with Crippen molar-refractivity contribution in [2.75, 3.05) is 10.6 Å². The molecule has 0 spiro atoms. The van der Waals surface area contributed by atoms with E-state index < -0.39 is 0 Å². The van der Waals surface area contributed by atoms with E-state index in [1.165, 1.54) is 18.3 Å². The first-order valence-electron chi connectivity index (χ1n) is 8.16. The average molecular weight is 399 g/mol. The Bertz CT molecular complexity index is 1170. The molecule has 0 aliphatic carbocycles. The van der Waals surface area contributed by atoms with Crippen LogP contribution in [0.4, 0.5) is 10.8 Å². The van der Waals surface area contributed by atoms with Gasteiger partial charge in [0.05, 0.1) is 15.2 Å². The molecule has 0 saturated carbocycles. The first-order valence-corrected chi connectivity index (χ1v) is 9.36. The number of para-hydroxylation sites is 1. The normalized spacial score (nSPS) is 11.1. The number of amides is 2. The highest BCUT2D eigenvalue weighted by atomic mass is 35.5. The van der Waals surface area contributed by atoms with Crippen LogP contribution >= 0.6 is 22.9 Å². The molecule has 6 nitrogen and oxygen atoms in total. The third-order valence-corrected chi connectivity index (χ3v) is 5.51. The quantitative estimate of drug-likeness (QED) is 0.527. The van der Waals surface area contributed by atoms with Crippen molar-refractivity contribution in [1.82, 2.24) is 9.55 Å². The number of anilines is 2. The van der Waals surface area contributed by atoms with Crippen LogP contribution in [0.1, 0.15) is 17.4 Å². The summed E-state index contributed by atoms with van der Waals surface area (Å²) in [4.78, 5) is 28.3. The molecule has 2 aromatic heterocycles. The second-order valence-corrected chi connectivity index (χ2v) is 7.48. The lowest BCUT2D eigenvalue weighted by Crippen LogP contribution is -2.16. The van der Waals surface area contributed by atoms with Gasteiger partial charge in [-0.2, -0.15) is 0 Å². The van der Waals surface area contributed by atoms with Gasteiger partial charge in [-0.25, -0.2) is 4.98 Å². The van der Waals surface area contributed by atoms with Crippen LogP contribution in [-0.4, -0.2) is 21.4 Å². The molecule has 2 aromatic carbocycles. The van der Waals surface area contributed by atoms with Crippen LogP contribution in [0.2, 0.25) is 5.02 Å². The van der Waals surface area contributed by atoms with E-state index in [1.807, 2.05) is 37.4 Å². The maximum absolute atomic E-state index is 12.8. The van der Waals surface area contributed by atoms with E-state index in [-0.39, 0.29) is 11.8 Å². The Balaban J connectivity index is 1.66. The number of fused-ring (bicyclic) bond motifs is 2. The summed E-state index contributed by atoms with van der Waals surface area (Å²) in [5, 5.41) is 7.35. The monoisotopic (exact) mass is 398 g/mol. The van der Waals surface area contributed by atoms with Crippen molar-refractivity contribution in [2.45, 2.75) is 6.92 Å². The molecule has 0 bridgehead atoms. The molecular weight excluding hydrogens is 384 g/mol. The molecule has 2 N–H and O–H groups in total. The number of halogens is 1. The summed E-state index contributed by atoms with van der Waals surface area (Å²) in [6.45, 7) is 1.44. The molecule has 2 heterocycles. The van der Waals surface area contributed by atoms with Crippen LogP contribution < -0.4 is 10.6 Å². The number of nitrogens with zero attached hydrogens (tertiary/aromatic N) is 2. The molecule has 0 aliphatic rings. The SMILES string of the molecule is CC(=O)Nc1nc2ccc(NC(=O)c3c(Cl)c4ccccc4n3C)cc2s1. The number of hydrogen-bond donors (Lipinski definition) is 2. The standard InChI is InChI=1S/C19H15ClN4O2S/c1-10(25)21-19-23-13-8-7-11(9-15(13)27-19)22-18(26)17-16(20)12-5-3-4-6-14(12)24(17)2/h3-9H,1-2H3,(H,22,26)(H,21,23,25). The molecule has 4 aromatic rings. The van der Waals surface area contributed by atoms with E-state index >= 15 is 0 Å². The number of thiazole rings is 1. The van der Waals surface area contributed by atoms with Crippen LogP contribution in [0.3, 0.4) is 0 Å². The molecule has 0 atom stereocenters. The minimum atomic E-state index is -0.287. The lowest BCUT2D eigenvalue weighted by molar-refractivity contribution is -0.114. The first-order chi connectivity index (χ1) is 12.9. The van der Waals surface area contributed by atoms with Gasteiger partial charge in [-0.1, -0.05) is 41.1 Å². The van der Waals surface area contributed by atoms with E-state index in [0.29, 0.717) is 21.5 Å². The minimum absolute atomic E-state index is 0.173. The Morgan fingerprint density at radius 3 is 2.67 bits per heavy atom. The van der Waals surface area contributed by atoms with Crippen molar-refractivity contribution in [3.8, 4) is 0 Å². The summed E-state index contributed by atoms with van der Waals surface area (Å²) in [6.07, 6.45) is 0. The maximum Gasteiger partial charge on any atom is 0.273 e. The first kappa shape index (κ1) is 17.5. The third kappa shape index (κ3) is 3.15. The lowest BCUT2D eigenvalue weighted by Gasteiger charge is -2.07. The molecular formula is C19H15ClN4O2S. The number of aromatic nitrogens is 2. The Hall–Kier alpha value is -2.90. The Morgan fingerprint density at radius 2 is 1.93 bits per heavy atom. The molecule has 0 saturated heterocycles. The summed E-state index contributed by atoms with van der Waals surface area (Å²) in [5.74, 6) is -0.461. The van der Waals surface area contributed by atoms with Gasteiger partial charge >= 0.3 is 0 Å². The molecule has 0 unspecified atom stereocenters. The number of rotatable bonds is 3. The zero-order valence-corrected chi connectivity index (χ0v) is 16.1. The van der Waals surface area contributed by atoms with Gasteiger partial charge < -0.3 is 15.2 Å². The fourth-order valence-corrected chi connectivity index (χ4v) is 4.32.